The molecule has 1 saturated carbocycles. The zero-order valence-electron chi connectivity index (χ0n) is 13.9. The normalized spacial score (nSPS) is 19.7. The molecular weight excluding hydrogens is 335 g/mol. The van der Waals surface area contributed by atoms with Gasteiger partial charge in [-0.05, 0) is 37.0 Å². The number of hydrogen-bond donors (Lipinski definition) is 1. The number of nitrogens with zero attached hydrogens (tertiary/aromatic N) is 1. The highest BCUT2D eigenvalue weighted by Crippen LogP contribution is 2.45. The van der Waals surface area contributed by atoms with Gasteiger partial charge < -0.3 is 14.8 Å². The van der Waals surface area contributed by atoms with Crippen LogP contribution in [-0.4, -0.2) is 45.3 Å². The summed E-state index contributed by atoms with van der Waals surface area (Å²) in [5.41, 5.74) is 1.29. The molecule has 0 bridgehead atoms. The summed E-state index contributed by atoms with van der Waals surface area (Å²) in [5, 5.41) is 3.45. The molecule has 2 aliphatic rings. The highest BCUT2D eigenvalue weighted by molar-refractivity contribution is 5.85. The number of methoxy groups -OCH3 is 2. The predicted octanol–water partition coefficient (Wildman–Crippen LogP) is 3.29. The molecule has 6 heteroatoms. The Bertz CT molecular complexity index is 478. The smallest absolute Gasteiger partial charge is 0.123 e. The van der Waals surface area contributed by atoms with E-state index in [9.17, 15) is 0 Å². The number of ether oxygens (including phenoxy) is 2. The molecule has 0 radical (unpaired) electrons. The average molecular weight is 363 g/mol. The van der Waals surface area contributed by atoms with Crippen molar-refractivity contribution in [1.29, 1.82) is 0 Å². The van der Waals surface area contributed by atoms with Crippen molar-refractivity contribution in [2.45, 2.75) is 25.3 Å². The van der Waals surface area contributed by atoms with Crippen LogP contribution in [0.2, 0.25) is 0 Å². The summed E-state index contributed by atoms with van der Waals surface area (Å²) in [7, 11) is 3.50. The summed E-state index contributed by atoms with van der Waals surface area (Å²) in [4.78, 5) is 2.62. The van der Waals surface area contributed by atoms with Gasteiger partial charge in [0.05, 0.1) is 14.2 Å². The summed E-state index contributed by atoms with van der Waals surface area (Å²) < 4.78 is 11.1. The lowest BCUT2D eigenvalue weighted by Crippen LogP contribution is -2.47. The van der Waals surface area contributed by atoms with E-state index in [-0.39, 0.29) is 24.8 Å². The second kappa shape index (κ2) is 9.58. The van der Waals surface area contributed by atoms with Gasteiger partial charge in [0, 0.05) is 37.8 Å². The van der Waals surface area contributed by atoms with Gasteiger partial charge in [-0.15, -0.1) is 24.8 Å². The fourth-order valence-corrected chi connectivity index (χ4v) is 3.54. The Kier molecular flexibility index (Phi) is 8.48. The minimum absolute atomic E-state index is 0. The van der Waals surface area contributed by atoms with E-state index < -0.39 is 0 Å². The highest BCUT2D eigenvalue weighted by Gasteiger charge is 2.35. The second-order valence-corrected chi connectivity index (χ2v) is 6.03. The maximum atomic E-state index is 5.64. The average Bonchev–Trinajstić information content (AvgIpc) is 2.51. The molecule has 132 valence electrons. The van der Waals surface area contributed by atoms with E-state index in [0.717, 1.165) is 43.6 Å². The third-order valence-corrected chi connectivity index (χ3v) is 4.90. The Labute approximate surface area is 151 Å². The zero-order chi connectivity index (χ0) is 14.7. The summed E-state index contributed by atoms with van der Waals surface area (Å²) >= 11 is 0. The van der Waals surface area contributed by atoms with Gasteiger partial charge in [-0.2, -0.15) is 0 Å². The summed E-state index contributed by atoms with van der Waals surface area (Å²) in [6.07, 6.45) is 4.02. The van der Waals surface area contributed by atoms with Gasteiger partial charge in [0.15, 0.2) is 0 Å². The van der Waals surface area contributed by atoms with Crippen LogP contribution < -0.4 is 14.8 Å². The van der Waals surface area contributed by atoms with E-state index >= 15 is 0 Å². The summed E-state index contributed by atoms with van der Waals surface area (Å²) in [5.74, 6) is 2.67. The van der Waals surface area contributed by atoms with Crippen molar-refractivity contribution in [3.8, 4) is 11.5 Å². The molecule has 1 aliphatic carbocycles. The van der Waals surface area contributed by atoms with Crippen molar-refractivity contribution in [3.05, 3.63) is 23.8 Å². The van der Waals surface area contributed by atoms with Crippen molar-refractivity contribution < 1.29 is 9.47 Å². The van der Waals surface area contributed by atoms with Crippen LogP contribution >= 0.6 is 24.8 Å². The molecule has 1 heterocycles. The van der Waals surface area contributed by atoms with Crippen LogP contribution in [0.4, 0.5) is 0 Å². The Morgan fingerprint density at radius 2 is 1.78 bits per heavy atom. The largest absolute Gasteiger partial charge is 0.497 e. The molecule has 1 N–H and O–H groups in total. The highest BCUT2D eigenvalue weighted by atomic mass is 35.5. The molecule has 2 fully saturated rings. The van der Waals surface area contributed by atoms with Gasteiger partial charge in [-0.25, -0.2) is 0 Å². The van der Waals surface area contributed by atoms with E-state index in [1.807, 2.05) is 12.1 Å². The summed E-state index contributed by atoms with van der Waals surface area (Å²) in [6, 6.07) is 6.66. The van der Waals surface area contributed by atoms with Gasteiger partial charge >= 0.3 is 0 Å². The number of rotatable bonds is 5. The minimum Gasteiger partial charge on any atom is -0.497 e. The van der Waals surface area contributed by atoms with E-state index in [4.69, 9.17) is 9.47 Å². The third kappa shape index (κ3) is 4.44. The lowest BCUT2D eigenvalue weighted by molar-refractivity contribution is 0.0817. The Morgan fingerprint density at radius 1 is 1.09 bits per heavy atom. The first kappa shape index (κ1) is 20.4. The molecule has 0 amide bonds. The first-order valence-corrected chi connectivity index (χ1v) is 8.00. The van der Waals surface area contributed by atoms with Crippen LogP contribution in [-0.2, 0) is 0 Å². The van der Waals surface area contributed by atoms with Crippen molar-refractivity contribution in [1.82, 2.24) is 10.2 Å². The molecule has 0 aromatic heterocycles. The van der Waals surface area contributed by atoms with E-state index in [1.165, 1.54) is 24.8 Å². The maximum absolute atomic E-state index is 5.64. The Hall–Kier alpha value is -0.680. The molecule has 1 aromatic carbocycles. The standard InChI is InChI=1S/C17H26N2O2.2ClH/c1-20-14-6-7-16(21-2)15(12-14)17(13-4-3-5-13)19-10-8-18-9-11-19;;/h6-7,12-13,17-18H,3-5,8-11H2,1-2H3;2*1H/t17-;;/m0../s1. The minimum atomic E-state index is 0. The van der Waals surface area contributed by atoms with Crippen molar-refractivity contribution in [3.63, 3.8) is 0 Å². The fourth-order valence-electron chi connectivity index (χ4n) is 3.54. The van der Waals surface area contributed by atoms with Gasteiger partial charge in [-0.3, -0.25) is 4.90 Å². The van der Waals surface area contributed by atoms with Crippen LogP contribution in [0.1, 0.15) is 30.9 Å². The number of piperazine rings is 1. The number of halogens is 2. The Balaban J connectivity index is 0.00000132. The topological polar surface area (TPSA) is 33.7 Å². The van der Waals surface area contributed by atoms with Crippen LogP contribution in [0.3, 0.4) is 0 Å². The van der Waals surface area contributed by atoms with Gasteiger partial charge in [0.2, 0.25) is 0 Å². The fraction of sp³-hybridized carbons (Fsp3) is 0.647. The monoisotopic (exact) mass is 362 g/mol. The van der Waals surface area contributed by atoms with Crippen LogP contribution in [0.25, 0.3) is 0 Å². The van der Waals surface area contributed by atoms with Crippen LogP contribution in [0, 0.1) is 5.92 Å². The molecular formula is C17H28Cl2N2O2. The van der Waals surface area contributed by atoms with Crippen LogP contribution in [0.5, 0.6) is 11.5 Å². The SMILES string of the molecule is COc1ccc(OC)c([C@H](C2CCC2)N2CCNCC2)c1.Cl.Cl. The van der Waals surface area contributed by atoms with E-state index in [1.54, 1.807) is 14.2 Å². The maximum Gasteiger partial charge on any atom is 0.123 e. The molecule has 0 spiro atoms. The van der Waals surface area contributed by atoms with Crippen molar-refractivity contribution in [2.75, 3.05) is 40.4 Å². The number of nitrogens with one attached hydrogen (secondary N) is 1. The Morgan fingerprint density at radius 3 is 2.30 bits per heavy atom. The first-order chi connectivity index (χ1) is 10.3. The number of benzene rings is 1. The van der Waals surface area contributed by atoms with Crippen LogP contribution in [0.15, 0.2) is 18.2 Å². The first-order valence-electron chi connectivity index (χ1n) is 8.00. The molecule has 4 nitrogen and oxygen atoms in total. The van der Waals surface area contributed by atoms with Crippen molar-refractivity contribution in [2.24, 2.45) is 5.92 Å². The molecule has 23 heavy (non-hydrogen) atoms. The second-order valence-electron chi connectivity index (χ2n) is 6.03. The van der Waals surface area contributed by atoms with Gasteiger partial charge in [0.25, 0.3) is 0 Å². The lowest BCUT2D eigenvalue weighted by atomic mass is 9.76. The van der Waals surface area contributed by atoms with Crippen molar-refractivity contribution >= 4 is 24.8 Å². The summed E-state index contributed by atoms with van der Waals surface area (Å²) in [6.45, 7) is 4.38. The lowest BCUT2D eigenvalue weighted by Gasteiger charge is -2.43. The zero-order valence-corrected chi connectivity index (χ0v) is 15.5. The molecule has 3 rings (SSSR count). The third-order valence-electron chi connectivity index (χ3n) is 4.90. The number of hydrogen-bond acceptors (Lipinski definition) is 4. The molecule has 0 unspecified atom stereocenters. The quantitative estimate of drug-likeness (QED) is 0.871. The molecule has 1 aromatic rings. The molecule has 1 atom stereocenters. The molecule has 1 saturated heterocycles. The van der Waals surface area contributed by atoms with E-state index in [2.05, 4.69) is 16.3 Å². The van der Waals surface area contributed by atoms with Gasteiger partial charge in [-0.1, -0.05) is 6.42 Å². The predicted molar refractivity (Wildman–Crippen MR) is 98.6 cm³/mol. The molecule has 1 aliphatic heterocycles. The van der Waals surface area contributed by atoms with E-state index in [0.29, 0.717) is 6.04 Å². The van der Waals surface area contributed by atoms with Gasteiger partial charge in [0.1, 0.15) is 11.5 Å².